The van der Waals surface area contributed by atoms with Crippen LogP contribution in [0.15, 0.2) is 78.4 Å². The van der Waals surface area contributed by atoms with Crippen LogP contribution in [0.2, 0.25) is 0 Å². The van der Waals surface area contributed by atoms with Gasteiger partial charge in [-0.2, -0.15) is 0 Å². The van der Waals surface area contributed by atoms with Crippen molar-refractivity contribution in [3.63, 3.8) is 0 Å². The van der Waals surface area contributed by atoms with Crippen LogP contribution in [0.1, 0.15) is 23.6 Å². The average molecular weight is 552 g/mol. The lowest BCUT2D eigenvalue weighted by Crippen LogP contribution is -2.54. The van der Waals surface area contributed by atoms with Crippen LogP contribution in [-0.2, 0) is 22.6 Å². The number of barbiturate groups is 1. The van der Waals surface area contributed by atoms with Crippen LogP contribution >= 0.6 is 22.6 Å². The number of hydrogen-bond acceptors (Lipinski definition) is 4. The number of carbonyl (C=O) groups is 3. The zero-order valence-corrected chi connectivity index (χ0v) is 20.0. The van der Waals surface area contributed by atoms with Gasteiger partial charge in [-0.05, 0) is 76.5 Å². The molecule has 0 saturated carbocycles. The third kappa shape index (κ3) is 5.14. The molecule has 6 nitrogen and oxygen atoms in total. The Morgan fingerprint density at radius 3 is 2.27 bits per heavy atom. The molecule has 0 bridgehead atoms. The SMILES string of the molecule is CCc1ccc(N2C(=O)NC(=O)/C(=C/c3ccccc3OCc3ccc(I)cc3)C2=O)cc1. The van der Waals surface area contributed by atoms with Gasteiger partial charge in [-0.3, -0.25) is 14.9 Å². The number of nitrogens with zero attached hydrogens (tertiary/aromatic N) is 1. The predicted octanol–water partition coefficient (Wildman–Crippen LogP) is 5.10. The third-order valence-electron chi connectivity index (χ3n) is 5.23. The Morgan fingerprint density at radius 1 is 0.909 bits per heavy atom. The van der Waals surface area contributed by atoms with E-state index in [-0.39, 0.29) is 5.57 Å². The number of imide groups is 2. The monoisotopic (exact) mass is 552 g/mol. The van der Waals surface area contributed by atoms with Crippen molar-refractivity contribution in [2.45, 2.75) is 20.0 Å². The number of aryl methyl sites for hydroxylation is 1. The van der Waals surface area contributed by atoms with E-state index in [9.17, 15) is 14.4 Å². The third-order valence-corrected chi connectivity index (χ3v) is 5.95. The zero-order valence-electron chi connectivity index (χ0n) is 17.9. The molecule has 0 unspecified atom stereocenters. The topological polar surface area (TPSA) is 75.7 Å². The highest BCUT2D eigenvalue weighted by atomic mass is 127. The van der Waals surface area contributed by atoms with Crippen LogP contribution in [0, 0.1) is 3.57 Å². The molecule has 1 heterocycles. The number of urea groups is 1. The van der Waals surface area contributed by atoms with Gasteiger partial charge in [0, 0.05) is 9.13 Å². The molecule has 0 radical (unpaired) electrons. The molecule has 0 aliphatic carbocycles. The highest BCUT2D eigenvalue weighted by Crippen LogP contribution is 2.26. The maximum absolute atomic E-state index is 13.2. The number of halogens is 1. The summed E-state index contributed by atoms with van der Waals surface area (Å²) in [4.78, 5) is 39.1. The van der Waals surface area contributed by atoms with Gasteiger partial charge in [-0.15, -0.1) is 0 Å². The van der Waals surface area contributed by atoms with E-state index in [0.717, 1.165) is 26.0 Å². The summed E-state index contributed by atoms with van der Waals surface area (Å²) in [7, 11) is 0. The van der Waals surface area contributed by atoms with Crippen LogP contribution in [-0.4, -0.2) is 17.8 Å². The number of hydrogen-bond donors (Lipinski definition) is 1. The Kier molecular flexibility index (Phi) is 6.88. The fourth-order valence-corrected chi connectivity index (χ4v) is 3.76. The van der Waals surface area contributed by atoms with Gasteiger partial charge in [-0.1, -0.05) is 49.4 Å². The van der Waals surface area contributed by atoms with E-state index in [4.69, 9.17) is 4.74 Å². The summed E-state index contributed by atoms with van der Waals surface area (Å²) in [6.45, 7) is 2.36. The number of ether oxygens (including phenoxy) is 1. The van der Waals surface area contributed by atoms with Gasteiger partial charge >= 0.3 is 6.03 Å². The molecule has 3 aromatic carbocycles. The van der Waals surface area contributed by atoms with E-state index in [1.165, 1.54) is 6.08 Å². The van der Waals surface area contributed by atoms with Gasteiger partial charge in [-0.25, -0.2) is 9.69 Å². The Labute approximate surface area is 205 Å². The van der Waals surface area contributed by atoms with Crippen molar-refractivity contribution in [2.24, 2.45) is 0 Å². The minimum Gasteiger partial charge on any atom is -0.488 e. The van der Waals surface area contributed by atoms with Gasteiger partial charge in [0.05, 0.1) is 5.69 Å². The summed E-state index contributed by atoms with van der Waals surface area (Å²) in [5, 5.41) is 2.26. The van der Waals surface area contributed by atoms with Crippen molar-refractivity contribution in [3.8, 4) is 5.75 Å². The van der Waals surface area contributed by atoms with Crippen molar-refractivity contribution in [3.05, 3.63) is 98.6 Å². The molecular formula is C26H21IN2O4. The smallest absolute Gasteiger partial charge is 0.335 e. The molecule has 0 spiro atoms. The molecule has 166 valence electrons. The Hall–Kier alpha value is -3.46. The van der Waals surface area contributed by atoms with Gasteiger partial charge in [0.25, 0.3) is 11.8 Å². The van der Waals surface area contributed by atoms with Gasteiger partial charge < -0.3 is 4.74 Å². The molecule has 4 amide bonds. The number of nitrogens with one attached hydrogen (secondary N) is 1. The standard InChI is InChI=1S/C26H21IN2O4/c1-2-17-9-13-21(14-10-17)29-25(31)22(24(30)28-26(29)32)15-19-5-3-4-6-23(19)33-16-18-7-11-20(27)12-8-18/h3-15H,2,16H2,1H3,(H,28,30,32)/b22-15-. The van der Waals surface area contributed by atoms with Gasteiger partial charge in [0.1, 0.15) is 17.9 Å². The molecule has 0 atom stereocenters. The van der Waals surface area contributed by atoms with E-state index in [2.05, 4.69) is 27.9 Å². The minimum absolute atomic E-state index is 0.139. The second kappa shape index (κ2) is 9.99. The summed E-state index contributed by atoms with van der Waals surface area (Å²) in [5.41, 5.74) is 2.90. The first kappa shape index (κ1) is 22.7. The van der Waals surface area contributed by atoms with Gasteiger partial charge in [0.15, 0.2) is 0 Å². The molecule has 0 aromatic heterocycles. The lowest BCUT2D eigenvalue weighted by atomic mass is 10.1. The average Bonchev–Trinajstić information content (AvgIpc) is 2.82. The van der Waals surface area contributed by atoms with Crippen molar-refractivity contribution in [1.29, 1.82) is 0 Å². The van der Waals surface area contributed by atoms with E-state index in [0.29, 0.717) is 23.6 Å². The normalized spacial score (nSPS) is 15.0. The second-order valence-electron chi connectivity index (χ2n) is 7.43. The molecule has 4 rings (SSSR count). The van der Waals surface area contributed by atoms with Crippen LogP contribution < -0.4 is 15.0 Å². The van der Waals surface area contributed by atoms with Gasteiger partial charge in [0.2, 0.25) is 0 Å². The molecule has 33 heavy (non-hydrogen) atoms. The molecule has 7 heteroatoms. The molecule has 1 fully saturated rings. The van der Waals surface area contributed by atoms with E-state index < -0.39 is 17.8 Å². The summed E-state index contributed by atoms with van der Waals surface area (Å²) >= 11 is 2.24. The first-order valence-corrected chi connectivity index (χ1v) is 11.5. The number of rotatable bonds is 6. The summed E-state index contributed by atoms with van der Waals surface area (Å²) < 4.78 is 7.09. The van der Waals surface area contributed by atoms with Crippen LogP contribution in [0.4, 0.5) is 10.5 Å². The van der Waals surface area contributed by atoms with Crippen LogP contribution in [0.5, 0.6) is 5.75 Å². The fraction of sp³-hybridized carbons (Fsp3) is 0.115. The summed E-state index contributed by atoms with van der Waals surface area (Å²) in [5.74, 6) is -0.890. The van der Waals surface area contributed by atoms with E-state index >= 15 is 0 Å². The zero-order chi connectivity index (χ0) is 23.4. The Bertz CT molecular complexity index is 1230. The lowest BCUT2D eigenvalue weighted by molar-refractivity contribution is -0.122. The van der Waals surface area contributed by atoms with Crippen LogP contribution in [0.3, 0.4) is 0 Å². The number of benzene rings is 3. The molecule has 1 aliphatic heterocycles. The van der Waals surface area contributed by atoms with Crippen molar-refractivity contribution in [1.82, 2.24) is 5.32 Å². The molecular weight excluding hydrogens is 531 g/mol. The first-order valence-electron chi connectivity index (χ1n) is 10.4. The van der Waals surface area contributed by atoms with E-state index in [1.54, 1.807) is 30.3 Å². The number of carbonyl (C=O) groups excluding carboxylic acids is 3. The minimum atomic E-state index is -0.769. The second-order valence-corrected chi connectivity index (χ2v) is 8.68. The maximum atomic E-state index is 13.2. The largest absolute Gasteiger partial charge is 0.488 e. The number of para-hydroxylation sites is 1. The highest BCUT2D eigenvalue weighted by Gasteiger charge is 2.36. The fourth-order valence-electron chi connectivity index (χ4n) is 3.40. The molecule has 1 aliphatic rings. The Morgan fingerprint density at radius 2 is 1.58 bits per heavy atom. The molecule has 3 aromatic rings. The predicted molar refractivity (Wildman–Crippen MR) is 135 cm³/mol. The molecule has 1 N–H and O–H groups in total. The van der Waals surface area contributed by atoms with Crippen LogP contribution in [0.25, 0.3) is 6.08 Å². The number of amides is 4. The maximum Gasteiger partial charge on any atom is 0.335 e. The quantitative estimate of drug-likeness (QED) is 0.263. The first-order chi connectivity index (χ1) is 16.0. The summed E-state index contributed by atoms with van der Waals surface area (Å²) in [6, 6.07) is 21.4. The Balaban J connectivity index is 1.62. The highest BCUT2D eigenvalue weighted by molar-refractivity contribution is 14.1. The summed E-state index contributed by atoms with van der Waals surface area (Å²) in [6.07, 6.45) is 2.30. The molecule has 1 saturated heterocycles. The van der Waals surface area contributed by atoms with Crippen molar-refractivity contribution >= 4 is 52.2 Å². The number of anilines is 1. The van der Waals surface area contributed by atoms with E-state index in [1.807, 2.05) is 49.4 Å². The van der Waals surface area contributed by atoms with Crippen molar-refractivity contribution in [2.75, 3.05) is 4.90 Å². The lowest BCUT2D eigenvalue weighted by Gasteiger charge is -2.26. The van der Waals surface area contributed by atoms with Crippen molar-refractivity contribution < 1.29 is 19.1 Å².